The Bertz CT molecular complexity index is 592. The number of fused-ring (bicyclic) bond motifs is 1. The predicted molar refractivity (Wildman–Crippen MR) is 79.0 cm³/mol. The zero-order chi connectivity index (χ0) is 13.2. The molecule has 1 unspecified atom stereocenters. The minimum Gasteiger partial charge on any atom is -0.486 e. The van der Waals surface area contributed by atoms with Gasteiger partial charge >= 0.3 is 0 Å². The summed E-state index contributed by atoms with van der Waals surface area (Å²) < 4.78 is 6.07. The monoisotopic (exact) mass is 253 g/mol. The SMILES string of the molecule is Cc1cccc(CC2CNc3ccccc3O2)c1C. The van der Waals surface area contributed by atoms with E-state index in [0.717, 1.165) is 24.4 Å². The van der Waals surface area contributed by atoms with Crippen LogP contribution in [0, 0.1) is 13.8 Å². The Morgan fingerprint density at radius 3 is 2.84 bits per heavy atom. The zero-order valence-corrected chi connectivity index (χ0v) is 11.4. The van der Waals surface area contributed by atoms with Crippen molar-refractivity contribution in [1.29, 1.82) is 0 Å². The van der Waals surface area contributed by atoms with E-state index in [0.29, 0.717) is 0 Å². The van der Waals surface area contributed by atoms with Crippen LogP contribution in [0.2, 0.25) is 0 Å². The number of para-hydroxylation sites is 2. The number of hydrogen-bond acceptors (Lipinski definition) is 2. The van der Waals surface area contributed by atoms with Gasteiger partial charge in [0.25, 0.3) is 0 Å². The van der Waals surface area contributed by atoms with Gasteiger partial charge in [0.15, 0.2) is 0 Å². The molecule has 2 nitrogen and oxygen atoms in total. The van der Waals surface area contributed by atoms with Crippen LogP contribution >= 0.6 is 0 Å². The van der Waals surface area contributed by atoms with Crippen LogP contribution in [0.1, 0.15) is 16.7 Å². The van der Waals surface area contributed by atoms with Gasteiger partial charge in [-0.25, -0.2) is 0 Å². The summed E-state index contributed by atoms with van der Waals surface area (Å²) in [5.41, 5.74) is 5.21. The smallest absolute Gasteiger partial charge is 0.142 e. The number of hydrogen-bond donors (Lipinski definition) is 1. The Labute approximate surface area is 114 Å². The molecule has 0 radical (unpaired) electrons. The van der Waals surface area contributed by atoms with Crippen LogP contribution in [0.3, 0.4) is 0 Å². The molecule has 0 amide bonds. The molecule has 2 heteroatoms. The number of aryl methyl sites for hydroxylation is 1. The Balaban J connectivity index is 1.77. The molecule has 1 heterocycles. The van der Waals surface area contributed by atoms with Gasteiger partial charge in [-0.2, -0.15) is 0 Å². The van der Waals surface area contributed by atoms with E-state index in [4.69, 9.17) is 4.74 Å². The highest BCUT2D eigenvalue weighted by Gasteiger charge is 2.19. The molecule has 1 atom stereocenters. The van der Waals surface area contributed by atoms with E-state index < -0.39 is 0 Å². The van der Waals surface area contributed by atoms with Gasteiger partial charge in [-0.15, -0.1) is 0 Å². The second-order valence-electron chi connectivity index (χ2n) is 5.18. The van der Waals surface area contributed by atoms with Crippen molar-refractivity contribution in [1.82, 2.24) is 0 Å². The fraction of sp³-hybridized carbons (Fsp3) is 0.294. The van der Waals surface area contributed by atoms with Gasteiger partial charge in [0.05, 0.1) is 12.2 Å². The number of anilines is 1. The standard InChI is InChI=1S/C17H19NO/c1-12-6-5-7-14(13(12)2)10-15-11-18-16-8-3-4-9-17(16)19-15/h3-9,15,18H,10-11H2,1-2H3. The maximum Gasteiger partial charge on any atom is 0.142 e. The first-order valence-corrected chi connectivity index (χ1v) is 6.78. The topological polar surface area (TPSA) is 21.3 Å². The molecule has 1 aliphatic heterocycles. The summed E-state index contributed by atoms with van der Waals surface area (Å²) in [5, 5.41) is 3.44. The molecule has 2 aromatic carbocycles. The normalized spacial score (nSPS) is 17.3. The van der Waals surface area contributed by atoms with Gasteiger partial charge in [-0.1, -0.05) is 30.3 Å². The first kappa shape index (κ1) is 12.1. The Hall–Kier alpha value is -1.96. The number of rotatable bonds is 2. The van der Waals surface area contributed by atoms with E-state index in [9.17, 15) is 0 Å². The molecule has 0 saturated heterocycles. The molecule has 0 aromatic heterocycles. The van der Waals surface area contributed by atoms with Crippen molar-refractivity contribution in [2.24, 2.45) is 0 Å². The van der Waals surface area contributed by atoms with E-state index in [-0.39, 0.29) is 6.10 Å². The summed E-state index contributed by atoms with van der Waals surface area (Å²) >= 11 is 0. The van der Waals surface area contributed by atoms with Crippen molar-refractivity contribution in [2.75, 3.05) is 11.9 Å². The first-order chi connectivity index (χ1) is 9.24. The van der Waals surface area contributed by atoms with Gasteiger partial charge in [0, 0.05) is 6.42 Å². The van der Waals surface area contributed by atoms with E-state index in [1.54, 1.807) is 0 Å². The highest BCUT2D eigenvalue weighted by atomic mass is 16.5. The molecule has 19 heavy (non-hydrogen) atoms. The fourth-order valence-corrected chi connectivity index (χ4v) is 2.55. The van der Waals surface area contributed by atoms with Crippen LogP contribution < -0.4 is 10.1 Å². The summed E-state index contributed by atoms with van der Waals surface area (Å²) in [7, 11) is 0. The van der Waals surface area contributed by atoms with Gasteiger partial charge in [0.2, 0.25) is 0 Å². The number of ether oxygens (including phenoxy) is 1. The Morgan fingerprint density at radius 1 is 1.11 bits per heavy atom. The van der Waals surface area contributed by atoms with Crippen molar-refractivity contribution in [3.8, 4) is 5.75 Å². The summed E-state index contributed by atoms with van der Waals surface area (Å²) in [5.74, 6) is 0.962. The lowest BCUT2D eigenvalue weighted by Crippen LogP contribution is -2.32. The second-order valence-corrected chi connectivity index (χ2v) is 5.18. The molecule has 1 N–H and O–H groups in total. The zero-order valence-electron chi connectivity index (χ0n) is 11.4. The maximum absolute atomic E-state index is 6.07. The first-order valence-electron chi connectivity index (χ1n) is 6.78. The molecule has 98 valence electrons. The van der Waals surface area contributed by atoms with E-state index in [2.05, 4.69) is 43.4 Å². The molecule has 1 aliphatic rings. The lowest BCUT2D eigenvalue weighted by Gasteiger charge is -2.28. The predicted octanol–water partition coefficient (Wildman–Crippen LogP) is 3.72. The summed E-state index contributed by atoms with van der Waals surface area (Å²) in [6, 6.07) is 14.6. The van der Waals surface area contributed by atoms with Crippen LogP contribution in [0.4, 0.5) is 5.69 Å². The summed E-state index contributed by atoms with van der Waals surface area (Å²) in [4.78, 5) is 0. The lowest BCUT2D eigenvalue weighted by molar-refractivity contribution is 0.206. The van der Waals surface area contributed by atoms with Crippen molar-refractivity contribution in [3.63, 3.8) is 0 Å². The van der Waals surface area contributed by atoms with Crippen LogP contribution in [-0.4, -0.2) is 12.6 Å². The third-order valence-electron chi connectivity index (χ3n) is 3.87. The largest absolute Gasteiger partial charge is 0.486 e. The molecule has 0 saturated carbocycles. The molecule has 3 rings (SSSR count). The minimum absolute atomic E-state index is 0.204. The van der Waals surface area contributed by atoms with Crippen LogP contribution in [0.15, 0.2) is 42.5 Å². The van der Waals surface area contributed by atoms with E-state index >= 15 is 0 Å². The van der Waals surface area contributed by atoms with Crippen LogP contribution in [-0.2, 0) is 6.42 Å². The molecule has 0 fully saturated rings. The number of nitrogens with one attached hydrogen (secondary N) is 1. The molecule has 0 spiro atoms. The average Bonchev–Trinajstić information content (AvgIpc) is 2.44. The quantitative estimate of drug-likeness (QED) is 0.880. The molecule has 0 aliphatic carbocycles. The van der Waals surface area contributed by atoms with Gasteiger partial charge < -0.3 is 10.1 Å². The van der Waals surface area contributed by atoms with Gasteiger partial charge in [-0.3, -0.25) is 0 Å². The second kappa shape index (κ2) is 4.96. The maximum atomic E-state index is 6.07. The van der Waals surface area contributed by atoms with E-state index in [1.807, 2.05) is 18.2 Å². The minimum atomic E-state index is 0.204. The molecular weight excluding hydrogens is 234 g/mol. The van der Waals surface area contributed by atoms with E-state index in [1.165, 1.54) is 16.7 Å². The van der Waals surface area contributed by atoms with Crippen molar-refractivity contribution in [2.45, 2.75) is 26.4 Å². The third-order valence-corrected chi connectivity index (χ3v) is 3.87. The average molecular weight is 253 g/mol. The Morgan fingerprint density at radius 2 is 1.95 bits per heavy atom. The molecule has 0 bridgehead atoms. The van der Waals surface area contributed by atoms with Crippen molar-refractivity contribution >= 4 is 5.69 Å². The van der Waals surface area contributed by atoms with Crippen molar-refractivity contribution < 1.29 is 4.74 Å². The highest BCUT2D eigenvalue weighted by Crippen LogP contribution is 2.29. The van der Waals surface area contributed by atoms with Crippen molar-refractivity contribution in [3.05, 3.63) is 59.2 Å². The van der Waals surface area contributed by atoms with Crippen LogP contribution in [0.5, 0.6) is 5.75 Å². The molecular formula is C17H19NO. The fourth-order valence-electron chi connectivity index (χ4n) is 2.55. The lowest BCUT2D eigenvalue weighted by atomic mass is 9.98. The number of benzene rings is 2. The van der Waals surface area contributed by atoms with Gasteiger partial charge in [0.1, 0.15) is 11.9 Å². The summed E-state index contributed by atoms with van der Waals surface area (Å²) in [6.45, 7) is 5.22. The summed E-state index contributed by atoms with van der Waals surface area (Å²) in [6.07, 6.45) is 1.16. The Kier molecular flexibility index (Phi) is 3.16. The highest BCUT2D eigenvalue weighted by molar-refractivity contribution is 5.57. The third kappa shape index (κ3) is 2.43. The molecule has 2 aromatic rings. The van der Waals surface area contributed by atoms with Crippen LogP contribution in [0.25, 0.3) is 0 Å². The van der Waals surface area contributed by atoms with Gasteiger partial charge in [-0.05, 0) is 42.7 Å².